The lowest BCUT2D eigenvalue weighted by Gasteiger charge is -2.24. The third kappa shape index (κ3) is 3.35. The molecule has 22 heavy (non-hydrogen) atoms. The van der Waals surface area contributed by atoms with Crippen molar-refractivity contribution in [2.75, 3.05) is 19.7 Å². The third-order valence-electron chi connectivity index (χ3n) is 3.75. The van der Waals surface area contributed by atoms with Crippen LogP contribution in [0.15, 0.2) is 43.0 Å². The maximum atomic E-state index is 12.2. The van der Waals surface area contributed by atoms with Crippen LogP contribution in [0.4, 0.5) is 0 Å². The zero-order valence-electron chi connectivity index (χ0n) is 12.5. The predicted molar refractivity (Wildman–Crippen MR) is 82.7 cm³/mol. The van der Waals surface area contributed by atoms with Gasteiger partial charge in [-0.05, 0) is 24.6 Å². The van der Waals surface area contributed by atoms with Crippen LogP contribution in [0.1, 0.15) is 18.5 Å². The Morgan fingerprint density at radius 2 is 2.45 bits per heavy atom. The minimum atomic E-state index is -0.409. The number of morpholine rings is 1. The molecule has 0 spiro atoms. The number of amides is 1. The number of nitrogens with zero attached hydrogens (tertiary/aromatic N) is 2. The quantitative estimate of drug-likeness (QED) is 0.885. The summed E-state index contributed by atoms with van der Waals surface area (Å²) in [6.45, 7) is 3.91. The molecule has 1 amide bonds. The molecule has 3 rings (SSSR count). The largest absolute Gasteiger partial charge is 0.366 e. The minimum Gasteiger partial charge on any atom is -0.366 e. The molecule has 2 N–H and O–H groups in total. The van der Waals surface area contributed by atoms with E-state index in [9.17, 15) is 4.79 Å². The number of rotatable bonds is 4. The highest BCUT2D eigenvalue weighted by molar-refractivity contribution is 5.81. The van der Waals surface area contributed by atoms with Crippen molar-refractivity contribution in [2.45, 2.75) is 19.1 Å². The van der Waals surface area contributed by atoms with Gasteiger partial charge in [0.15, 0.2) is 0 Å². The molecule has 1 aromatic carbocycles. The number of imidazole rings is 1. The summed E-state index contributed by atoms with van der Waals surface area (Å²) in [5.74, 6) is -0.0762. The van der Waals surface area contributed by atoms with E-state index in [-0.39, 0.29) is 11.9 Å². The first-order valence-corrected chi connectivity index (χ1v) is 7.45. The molecule has 2 heterocycles. The topological polar surface area (TPSA) is 68.2 Å². The van der Waals surface area contributed by atoms with Crippen LogP contribution in [0.3, 0.4) is 0 Å². The molecule has 1 aliphatic heterocycles. The Bertz CT molecular complexity index is 621. The van der Waals surface area contributed by atoms with Gasteiger partial charge in [0.1, 0.15) is 6.10 Å². The first-order valence-electron chi connectivity index (χ1n) is 7.45. The number of ether oxygens (including phenoxy) is 1. The van der Waals surface area contributed by atoms with Crippen molar-refractivity contribution in [3.8, 4) is 5.69 Å². The molecule has 1 fully saturated rings. The first kappa shape index (κ1) is 14.7. The summed E-state index contributed by atoms with van der Waals surface area (Å²) in [6.07, 6.45) is 4.98. The van der Waals surface area contributed by atoms with Crippen LogP contribution in [0.5, 0.6) is 0 Å². The van der Waals surface area contributed by atoms with Crippen LogP contribution in [-0.4, -0.2) is 41.3 Å². The summed E-state index contributed by atoms with van der Waals surface area (Å²) in [7, 11) is 0. The van der Waals surface area contributed by atoms with E-state index in [0.717, 1.165) is 17.8 Å². The fraction of sp³-hybridized carbons (Fsp3) is 0.375. The van der Waals surface area contributed by atoms with E-state index in [1.807, 2.05) is 42.0 Å². The Hall–Kier alpha value is -2.18. The van der Waals surface area contributed by atoms with Crippen molar-refractivity contribution in [2.24, 2.45) is 0 Å². The maximum absolute atomic E-state index is 12.2. The lowest BCUT2D eigenvalue weighted by molar-refractivity contribution is -0.134. The van der Waals surface area contributed by atoms with E-state index in [2.05, 4.69) is 15.6 Å². The fourth-order valence-corrected chi connectivity index (χ4v) is 2.49. The zero-order chi connectivity index (χ0) is 15.4. The smallest absolute Gasteiger partial charge is 0.250 e. The second-order valence-corrected chi connectivity index (χ2v) is 5.36. The normalized spacial score (nSPS) is 19.6. The summed E-state index contributed by atoms with van der Waals surface area (Å²) in [5, 5.41) is 6.17. The van der Waals surface area contributed by atoms with Crippen LogP contribution >= 0.6 is 0 Å². The SMILES string of the molecule is CC(NC(=O)C1CNCCO1)c1cccc(-n2ccnc2)c1. The van der Waals surface area contributed by atoms with Gasteiger partial charge < -0.3 is 19.9 Å². The highest BCUT2D eigenvalue weighted by Gasteiger charge is 2.23. The predicted octanol–water partition coefficient (Wildman–Crippen LogP) is 1.04. The van der Waals surface area contributed by atoms with Gasteiger partial charge in [0.05, 0.1) is 19.0 Å². The zero-order valence-corrected chi connectivity index (χ0v) is 12.5. The van der Waals surface area contributed by atoms with E-state index >= 15 is 0 Å². The number of hydrogen-bond acceptors (Lipinski definition) is 4. The average molecular weight is 300 g/mol. The molecule has 116 valence electrons. The molecule has 2 atom stereocenters. The van der Waals surface area contributed by atoms with Crippen molar-refractivity contribution < 1.29 is 9.53 Å². The van der Waals surface area contributed by atoms with Gasteiger partial charge in [-0.15, -0.1) is 0 Å². The van der Waals surface area contributed by atoms with Crippen molar-refractivity contribution in [3.63, 3.8) is 0 Å². The molecule has 0 saturated carbocycles. The maximum Gasteiger partial charge on any atom is 0.250 e. The Morgan fingerprint density at radius 3 is 3.18 bits per heavy atom. The molecule has 0 aliphatic carbocycles. The molecule has 2 aromatic rings. The lowest BCUT2D eigenvalue weighted by Crippen LogP contribution is -2.48. The number of carbonyl (C=O) groups is 1. The molecule has 6 heteroatoms. The molecule has 0 radical (unpaired) electrons. The summed E-state index contributed by atoms with van der Waals surface area (Å²) >= 11 is 0. The highest BCUT2D eigenvalue weighted by Crippen LogP contribution is 2.17. The minimum absolute atomic E-state index is 0.0762. The summed E-state index contributed by atoms with van der Waals surface area (Å²) in [4.78, 5) is 16.3. The van der Waals surface area contributed by atoms with E-state index in [0.29, 0.717) is 13.2 Å². The van der Waals surface area contributed by atoms with Crippen LogP contribution < -0.4 is 10.6 Å². The summed E-state index contributed by atoms with van der Waals surface area (Å²) < 4.78 is 7.41. The van der Waals surface area contributed by atoms with Gasteiger partial charge >= 0.3 is 0 Å². The second kappa shape index (κ2) is 6.72. The van der Waals surface area contributed by atoms with E-state index < -0.39 is 6.10 Å². The van der Waals surface area contributed by atoms with Crippen molar-refractivity contribution >= 4 is 5.91 Å². The number of aromatic nitrogens is 2. The van der Waals surface area contributed by atoms with Crippen LogP contribution in [0.25, 0.3) is 5.69 Å². The van der Waals surface area contributed by atoms with E-state index in [1.165, 1.54) is 0 Å². The molecule has 1 aliphatic rings. The van der Waals surface area contributed by atoms with Crippen molar-refractivity contribution in [1.29, 1.82) is 0 Å². The van der Waals surface area contributed by atoms with Gasteiger partial charge in [0.25, 0.3) is 5.91 Å². The standard InChI is InChI=1S/C16H20N4O2/c1-12(19-16(21)15-10-17-6-8-22-15)13-3-2-4-14(9-13)20-7-5-18-11-20/h2-5,7,9,11-12,15,17H,6,8,10H2,1H3,(H,19,21). The molecular weight excluding hydrogens is 280 g/mol. The molecule has 2 unspecified atom stereocenters. The number of benzene rings is 1. The van der Waals surface area contributed by atoms with Gasteiger partial charge in [-0.2, -0.15) is 0 Å². The average Bonchev–Trinajstić information content (AvgIpc) is 3.10. The fourth-order valence-electron chi connectivity index (χ4n) is 2.49. The van der Waals surface area contributed by atoms with Crippen LogP contribution in [-0.2, 0) is 9.53 Å². The van der Waals surface area contributed by atoms with Crippen LogP contribution in [0, 0.1) is 0 Å². The lowest BCUT2D eigenvalue weighted by atomic mass is 10.1. The van der Waals surface area contributed by atoms with Crippen molar-refractivity contribution in [1.82, 2.24) is 20.2 Å². The third-order valence-corrected chi connectivity index (χ3v) is 3.75. The van der Waals surface area contributed by atoms with Crippen molar-refractivity contribution in [3.05, 3.63) is 48.5 Å². The molecule has 1 saturated heterocycles. The molecule has 6 nitrogen and oxygen atoms in total. The van der Waals surface area contributed by atoms with Gasteiger partial charge in [-0.3, -0.25) is 4.79 Å². The van der Waals surface area contributed by atoms with Crippen LogP contribution in [0.2, 0.25) is 0 Å². The molecular formula is C16H20N4O2. The number of carbonyl (C=O) groups excluding carboxylic acids is 1. The van der Waals surface area contributed by atoms with Gasteiger partial charge in [-0.1, -0.05) is 12.1 Å². The Labute approximate surface area is 129 Å². The summed E-state index contributed by atoms with van der Waals surface area (Å²) in [5.41, 5.74) is 2.06. The number of nitrogens with one attached hydrogen (secondary N) is 2. The highest BCUT2D eigenvalue weighted by atomic mass is 16.5. The first-order chi connectivity index (χ1) is 10.7. The monoisotopic (exact) mass is 300 g/mol. The van der Waals surface area contributed by atoms with Gasteiger partial charge in [0.2, 0.25) is 0 Å². The molecule has 1 aromatic heterocycles. The second-order valence-electron chi connectivity index (χ2n) is 5.36. The number of hydrogen-bond donors (Lipinski definition) is 2. The van der Waals surface area contributed by atoms with E-state index in [4.69, 9.17) is 4.74 Å². The van der Waals surface area contributed by atoms with Gasteiger partial charge in [-0.25, -0.2) is 4.98 Å². The molecule has 0 bridgehead atoms. The summed E-state index contributed by atoms with van der Waals surface area (Å²) in [6, 6.07) is 7.96. The Morgan fingerprint density at radius 1 is 1.55 bits per heavy atom. The Kier molecular flexibility index (Phi) is 4.50. The Balaban J connectivity index is 1.68. The van der Waals surface area contributed by atoms with Gasteiger partial charge in [0, 0.05) is 31.2 Å². The van der Waals surface area contributed by atoms with E-state index in [1.54, 1.807) is 12.5 Å².